The highest BCUT2D eigenvalue weighted by Gasteiger charge is 2.29. The molecule has 0 aromatic heterocycles. The third kappa shape index (κ3) is 4.28. The quantitative estimate of drug-likeness (QED) is 0.817. The van der Waals surface area contributed by atoms with E-state index in [1.807, 2.05) is 12.1 Å². The van der Waals surface area contributed by atoms with Crippen LogP contribution in [0.2, 0.25) is 0 Å². The van der Waals surface area contributed by atoms with Crippen LogP contribution in [-0.4, -0.2) is 37.6 Å². The average Bonchev–Trinajstić information content (AvgIpc) is 2.42. The normalized spacial score (nSPS) is 18.4. The van der Waals surface area contributed by atoms with Crippen molar-refractivity contribution >= 4 is 0 Å². The molecular formula is C15H23NO3. The number of hydrogen-bond acceptors (Lipinski definition) is 4. The third-order valence-electron chi connectivity index (χ3n) is 3.61. The Labute approximate surface area is 114 Å². The van der Waals surface area contributed by atoms with Crippen molar-refractivity contribution in [2.45, 2.75) is 31.6 Å². The van der Waals surface area contributed by atoms with Gasteiger partial charge >= 0.3 is 0 Å². The summed E-state index contributed by atoms with van der Waals surface area (Å²) in [5, 5.41) is 13.7. The fourth-order valence-electron chi connectivity index (χ4n) is 2.38. The van der Waals surface area contributed by atoms with E-state index in [1.54, 1.807) is 7.11 Å². The molecule has 2 rings (SSSR count). The van der Waals surface area contributed by atoms with Crippen LogP contribution >= 0.6 is 0 Å². The highest BCUT2D eigenvalue weighted by Crippen LogP contribution is 2.19. The summed E-state index contributed by atoms with van der Waals surface area (Å²) in [4.78, 5) is 0. The predicted octanol–water partition coefficient (Wildman–Crippen LogP) is 1.46. The summed E-state index contributed by atoms with van der Waals surface area (Å²) in [6, 6.07) is 8.21. The van der Waals surface area contributed by atoms with Crippen molar-refractivity contribution in [2.75, 3.05) is 26.9 Å². The highest BCUT2D eigenvalue weighted by molar-refractivity contribution is 5.26. The zero-order valence-electron chi connectivity index (χ0n) is 11.5. The van der Waals surface area contributed by atoms with Gasteiger partial charge in [0.15, 0.2) is 0 Å². The molecule has 1 saturated heterocycles. The van der Waals surface area contributed by atoms with Crippen LogP contribution in [0.15, 0.2) is 24.3 Å². The number of methoxy groups -OCH3 is 1. The molecule has 0 bridgehead atoms. The summed E-state index contributed by atoms with van der Waals surface area (Å²) in [6.45, 7) is 3.28. The molecule has 19 heavy (non-hydrogen) atoms. The second kappa shape index (κ2) is 7.01. The van der Waals surface area contributed by atoms with E-state index in [2.05, 4.69) is 17.4 Å². The minimum absolute atomic E-state index is 0.609. The average molecular weight is 265 g/mol. The minimum atomic E-state index is -0.617. The molecule has 0 radical (unpaired) electrons. The molecule has 0 amide bonds. The van der Waals surface area contributed by atoms with Gasteiger partial charge in [-0.25, -0.2) is 0 Å². The van der Waals surface area contributed by atoms with Crippen LogP contribution < -0.4 is 5.32 Å². The standard InChI is InChI=1S/C15H23NO3/c1-18-11-14-5-3-2-4-13(14)10-16-12-15(17)6-8-19-9-7-15/h2-5,16-17H,6-12H2,1H3. The van der Waals surface area contributed by atoms with Gasteiger partial charge in [0.25, 0.3) is 0 Å². The first-order chi connectivity index (χ1) is 9.23. The SMILES string of the molecule is COCc1ccccc1CNCC1(O)CCOCC1. The van der Waals surface area contributed by atoms with E-state index in [0.29, 0.717) is 39.2 Å². The predicted molar refractivity (Wildman–Crippen MR) is 73.9 cm³/mol. The molecule has 0 aliphatic carbocycles. The number of nitrogens with one attached hydrogen (secondary N) is 1. The summed E-state index contributed by atoms with van der Waals surface area (Å²) >= 11 is 0. The Morgan fingerprint density at radius 3 is 2.63 bits per heavy atom. The van der Waals surface area contributed by atoms with Crippen LogP contribution in [0.4, 0.5) is 0 Å². The van der Waals surface area contributed by atoms with Crippen molar-refractivity contribution in [3.63, 3.8) is 0 Å². The van der Waals surface area contributed by atoms with Crippen molar-refractivity contribution in [3.8, 4) is 0 Å². The van der Waals surface area contributed by atoms with Crippen molar-refractivity contribution in [1.82, 2.24) is 5.32 Å². The summed E-state index contributed by atoms with van der Waals surface area (Å²) in [5.74, 6) is 0. The van der Waals surface area contributed by atoms with Gasteiger partial charge in [0, 0.05) is 46.3 Å². The molecule has 0 unspecified atom stereocenters. The minimum Gasteiger partial charge on any atom is -0.388 e. The van der Waals surface area contributed by atoms with Crippen LogP contribution in [-0.2, 0) is 22.6 Å². The molecule has 1 aromatic carbocycles. The van der Waals surface area contributed by atoms with Gasteiger partial charge in [0.1, 0.15) is 0 Å². The maximum atomic E-state index is 10.4. The Kier molecular flexibility index (Phi) is 5.34. The van der Waals surface area contributed by atoms with Crippen molar-refractivity contribution in [1.29, 1.82) is 0 Å². The van der Waals surface area contributed by atoms with E-state index < -0.39 is 5.60 Å². The topological polar surface area (TPSA) is 50.7 Å². The summed E-state index contributed by atoms with van der Waals surface area (Å²) in [6.07, 6.45) is 1.42. The molecule has 2 N–H and O–H groups in total. The van der Waals surface area contributed by atoms with Crippen LogP contribution in [0.1, 0.15) is 24.0 Å². The zero-order chi connectivity index (χ0) is 13.6. The largest absolute Gasteiger partial charge is 0.388 e. The first kappa shape index (κ1) is 14.5. The van der Waals surface area contributed by atoms with Gasteiger partial charge < -0.3 is 19.9 Å². The third-order valence-corrected chi connectivity index (χ3v) is 3.61. The highest BCUT2D eigenvalue weighted by atomic mass is 16.5. The monoisotopic (exact) mass is 265 g/mol. The van der Waals surface area contributed by atoms with E-state index in [0.717, 1.165) is 6.54 Å². The van der Waals surface area contributed by atoms with Gasteiger partial charge in [-0.3, -0.25) is 0 Å². The number of hydrogen-bond donors (Lipinski definition) is 2. The molecule has 0 saturated carbocycles. The molecule has 1 aliphatic rings. The summed E-state index contributed by atoms with van der Waals surface area (Å²) in [5.41, 5.74) is 1.80. The van der Waals surface area contributed by atoms with E-state index in [4.69, 9.17) is 9.47 Å². The molecule has 0 atom stereocenters. The second-order valence-electron chi connectivity index (χ2n) is 5.14. The molecule has 106 valence electrons. The zero-order valence-corrected chi connectivity index (χ0v) is 11.5. The van der Waals surface area contributed by atoms with Gasteiger partial charge in [-0.05, 0) is 11.1 Å². The van der Waals surface area contributed by atoms with Gasteiger partial charge in [-0.2, -0.15) is 0 Å². The maximum absolute atomic E-state index is 10.4. The second-order valence-corrected chi connectivity index (χ2v) is 5.14. The van der Waals surface area contributed by atoms with Gasteiger partial charge in [0.05, 0.1) is 12.2 Å². The molecule has 1 heterocycles. The molecule has 1 aliphatic heterocycles. The van der Waals surface area contributed by atoms with Gasteiger partial charge in [0.2, 0.25) is 0 Å². The molecule has 1 fully saturated rings. The Morgan fingerprint density at radius 2 is 1.95 bits per heavy atom. The molecule has 4 nitrogen and oxygen atoms in total. The van der Waals surface area contributed by atoms with Crippen LogP contribution in [0, 0.1) is 0 Å². The smallest absolute Gasteiger partial charge is 0.0815 e. The van der Waals surface area contributed by atoms with Crippen LogP contribution in [0.3, 0.4) is 0 Å². The lowest BCUT2D eigenvalue weighted by Gasteiger charge is -2.32. The lowest BCUT2D eigenvalue weighted by atomic mass is 9.94. The van der Waals surface area contributed by atoms with Gasteiger partial charge in [-0.15, -0.1) is 0 Å². The fraction of sp³-hybridized carbons (Fsp3) is 0.600. The Morgan fingerprint density at radius 1 is 1.26 bits per heavy atom. The first-order valence-electron chi connectivity index (χ1n) is 6.80. The summed E-state index contributed by atoms with van der Waals surface area (Å²) in [7, 11) is 1.70. The number of rotatable bonds is 6. The van der Waals surface area contributed by atoms with E-state index in [-0.39, 0.29) is 0 Å². The molecule has 4 heteroatoms. The molecular weight excluding hydrogens is 242 g/mol. The first-order valence-corrected chi connectivity index (χ1v) is 6.80. The Hall–Kier alpha value is -0.940. The van der Waals surface area contributed by atoms with Crippen molar-refractivity contribution in [3.05, 3.63) is 35.4 Å². The van der Waals surface area contributed by atoms with Crippen LogP contribution in [0.25, 0.3) is 0 Å². The molecule has 0 spiro atoms. The van der Waals surface area contributed by atoms with Crippen LogP contribution in [0.5, 0.6) is 0 Å². The number of benzene rings is 1. The van der Waals surface area contributed by atoms with E-state index in [1.165, 1.54) is 11.1 Å². The summed E-state index contributed by atoms with van der Waals surface area (Å²) < 4.78 is 10.5. The number of aliphatic hydroxyl groups is 1. The Balaban J connectivity index is 1.85. The lowest BCUT2D eigenvalue weighted by Crippen LogP contribution is -2.44. The molecule has 1 aromatic rings. The lowest BCUT2D eigenvalue weighted by molar-refractivity contribution is -0.0617. The van der Waals surface area contributed by atoms with Gasteiger partial charge in [-0.1, -0.05) is 24.3 Å². The number of ether oxygens (including phenoxy) is 2. The Bertz CT molecular complexity index is 389. The van der Waals surface area contributed by atoms with Crippen molar-refractivity contribution in [2.24, 2.45) is 0 Å². The fourth-order valence-corrected chi connectivity index (χ4v) is 2.38. The van der Waals surface area contributed by atoms with E-state index in [9.17, 15) is 5.11 Å². The van der Waals surface area contributed by atoms with E-state index >= 15 is 0 Å². The van der Waals surface area contributed by atoms with Crippen molar-refractivity contribution < 1.29 is 14.6 Å². The maximum Gasteiger partial charge on any atom is 0.0815 e.